The van der Waals surface area contributed by atoms with Crippen LogP contribution in [0, 0.1) is 11.8 Å². The lowest BCUT2D eigenvalue weighted by Gasteiger charge is -2.31. The van der Waals surface area contributed by atoms with Gasteiger partial charge in [0.25, 0.3) is 0 Å². The Hall–Kier alpha value is -10.0. The van der Waals surface area contributed by atoms with Crippen molar-refractivity contribution in [2.75, 3.05) is 46.0 Å². The number of amides is 11. The number of carboxylic acids is 2. The molecule has 1 aliphatic rings. The molecule has 2 heterocycles. The second-order valence-electron chi connectivity index (χ2n) is 23.5. The van der Waals surface area contributed by atoms with Gasteiger partial charge in [-0.2, -0.15) is 0 Å². The number of aliphatic hydroxyl groups is 3. The number of nitrogens with two attached hydrogens (primary N) is 3. The highest BCUT2D eigenvalue weighted by Gasteiger charge is 2.41. The molecule has 0 bridgehead atoms. The van der Waals surface area contributed by atoms with Crippen LogP contribution in [0.1, 0.15) is 83.8 Å². The summed E-state index contributed by atoms with van der Waals surface area (Å²) < 4.78 is 0. The number of benzene rings is 2. The number of hydrogen-bond donors (Lipinski definition) is 20. The van der Waals surface area contributed by atoms with Crippen LogP contribution in [0.5, 0.6) is 5.75 Å². The molecule has 95 heavy (non-hydrogen) atoms. The van der Waals surface area contributed by atoms with Crippen molar-refractivity contribution < 1.29 is 93.0 Å². The quantitative estimate of drug-likeness (QED) is 0.0144. The van der Waals surface area contributed by atoms with Gasteiger partial charge >= 0.3 is 11.9 Å². The third-order valence-corrected chi connectivity index (χ3v) is 14.9. The molecule has 1 aliphatic heterocycles. The molecule has 0 saturated carbocycles. The Morgan fingerprint density at radius 1 is 0.589 bits per heavy atom. The number of phenols is 1. The summed E-state index contributed by atoms with van der Waals surface area (Å²) >= 11 is 0. The molecular formula is C60H88N16O19. The number of likely N-dealkylation sites (tertiary alicyclic amines) is 1. The Kier molecular flexibility index (Phi) is 31.2. The summed E-state index contributed by atoms with van der Waals surface area (Å²) in [6.07, 6.45) is 0.254. The van der Waals surface area contributed by atoms with Crippen LogP contribution in [0.2, 0.25) is 0 Å². The fourth-order valence-corrected chi connectivity index (χ4v) is 10.1. The smallest absolute Gasteiger partial charge is 0.322 e. The number of carbonyl (C=O) groups excluding carboxylic acids is 11. The number of aromatic hydroxyl groups is 1. The fraction of sp³-hybridized carbons (Fsp3) is 0.533. The van der Waals surface area contributed by atoms with Gasteiger partial charge in [0.2, 0.25) is 65.0 Å². The van der Waals surface area contributed by atoms with Crippen LogP contribution >= 0.6 is 0 Å². The van der Waals surface area contributed by atoms with Crippen molar-refractivity contribution in [1.82, 2.24) is 63.1 Å². The topological polar surface area (TPSA) is 573 Å². The predicted molar refractivity (Wildman–Crippen MR) is 338 cm³/mol. The van der Waals surface area contributed by atoms with Gasteiger partial charge in [0.15, 0.2) is 5.96 Å². The normalized spacial score (nSPS) is 15.6. The number of phenolic OH excluding ortho intramolecular Hbond substituents is 1. The maximum Gasteiger partial charge on any atom is 0.322 e. The number of H-pyrrole nitrogens is 1. The van der Waals surface area contributed by atoms with Crippen LogP contribution in [0.3, 0.4) is 0 Å². The summed E-state index contributed by atoms with van der Waals surface area (Å²) in [4.78, 5) is 183. The maximum absolute atomic E-state index is 14.5. The molecule has 1 saturated heterocycles. The molecular weight excluding hydrogens is 1250 g/mol. The molecule has 0 unspecified atom stereocenters. The number of aliphatic hydroxyl groups excluding tert-OH is 3. The molecule has 1 fully saturated rings. The summed E-state index contributed by atoms with van der Waals surface area (Å²) in [6, 6.07) is -2.90. The van der Waals surface area contributed by atoms with Gasteiger partial charge in [0, 0.05) is 43.0 Å². The van der Waals surface area contributed by atoms with E-state index in [0.717, 1.165) is 10.9 Å². The minimum absolute atomic E-state index is 0.0198. The number of hydrogen-bond acceptors (Lipinski definition) is 19. The fourth-order valence-electron chi connectivity index (χ4n) is 10.1. The lowest BCUT2D eigenvalue weighted by atomic mass is 10.00. The molecule has 4 rings (SSSR count). The summed E-state index contributed by atoms with van der Waals surface area (Å²) in [5.74, 6) is -15.0. The van der Waals surface area contributed by atoms with E-state index in [-0.39, 0.29) is 81.6 Å². The van der Waals surface area contributed by atoms with Gasteiger partial charge in [-0.15, -0.1) is 0 Å². The van der Waals surface area contributed by atoms with Gasteiger partial charge in [-0.1, -0.05) is 58.0 Å². The number of aliphatic carboxylic acids is 2. The Labute approximate surface area is 545 Å². The molecule has 35 heteroatoms. The molecule has 10 atom stereocenters. The second kappa shape index (κ2) is 38.2. The van der Waals surface area contributed by atoms with Gasteiger partial charge in [-0.25, -0.2) is 0 Å². The second-order valence-corrected chi connectivity index (χ2v) is 23.5. The number of carboxylic acid groups (broad SMARTS) is 2. The van der Waals surface area contributed by atoms with Crippen molar-refractivity contribution in [1.29, 1.82) is 0 Å². The molecule has 11 amide bonds. The highest BCUT2D eigenvalue weighted by molar-refractivity contribution is 6.00. The van der Waals surface area contributed by atoms with E-state index in [1.807, 2.05) is 18.2 Å². The van der Waals surface area contributed by atoms with E-state index in [0.29, 0.717) is 17.5 Å². The number of para-hydroxylation sites is 1. The van der Waals surface area contributed by atoms with Crippen molar-refractivity contribution in [3.8, 4) is 5.75 Å². The van der Waals surface area contributed by atoms with Crippen LogP contribution in [0.4, 0.5) is 0 Å². The average molecular weight is 1340 g/mol. The molecule has 35 nitrogen and oxygen atoms in total. The van der Waals surface area contributed by atoms with Crippen molar-refractivity contribution in [2.24, 2.45) is 34.0 Å². The van der Waals surface area contributed by atoms with Crippen molar-refractivity contribution in [2.45, 2.75) is 146 Å². The van der Waals surface area contributed by atoms with E-state index in [9.17, 15) is 87.9 Å². The number of nitrogens with one attached hydrogen (secondary N) is 11. The van der Waals surface area contributed by atoms with Gasteiger partial charge in [0.05, 0.1) is 32.8 Å². The molecule has 3 aromatic rings. The zero-order valence-corrected chi connectivity index (χ0v) is 53.1. The van der Waals surface area contributed by atoms with Crippen LogP contribution in [-0.4, -0.2) is 230 Å². The van der Waals surface area contributed by atoms with E-state index < -0.39 is 177 Å². The van der Waals surface area contributed by atoms with E-state index in [1.54, 1.807) is 40.0 Å². The molecule has 0 spiro atoms. The van der Waals surface area contributed by atoms with Crippen LogP contribution in [0.25, 0.3) is 10.9 Å². The highest BCUT2D eigenvalue weighted by Crippen LogP contribution is 2.24. The van der Waals surface area contributed by atoms with Gasteiger partial charge in [-0.05, 0) is 79.7 Å². The largest absolute Gasteiger partial charge is 0.508 e. The lowest BCUT2D eigenvalue weighted by Crippen LogP contribution is -2.61. The van der Waals surface area contributed by atoms with Crippen molar-refractivity contribution >= 4 is 93.8 Å². The number of nitrogens with zero attached hydrogens (tertiary/aromatic N) is 2. The van der Waals surface area contributed by atoms with Crippen molar-refractivity contribution in [3.05, 3.63) is 65.9 Å². The SMILES string of the molecule is CC(C)C[C@H](NC(=O)CNC(=O)[C@H](CO)NC(=O)[C@H](CC(=O)O)NC(=O)[C@H](CCCN=C(N)N)NC(=O)[C@H](CO)NC(=O)[C@H](Cc1ccc(O)cc1)NC(=O)[C@H](CC(C)C)NC(=O)[C@@H]1CCCN1C(=O)[C@H](Cc1c[nH]c2ccccc12)NC(=O)[C@@H](N)CO)C(=O)NCC(=O)O. The van der Waals surface area contributed by atoms with Gasteiger partial charge < -0.3 is 111 Å². The third kappa shape index (κ3) is 25.4. The minimum Gasteiger partial charge on any atom is -0.508 e. The summed E-state index contributed by atoms with van der Waals surface area (Å²) in [6.45, 7) is 2.28. The molecule has 0 aliphatic carbocycles. The molecule has 2 aromatic carbocycles. The Balaban J connectivity index is 1.54. The standard InChI is InChI=1S/C60H88N16O19/c1-30(2)19-39(51(87)67-26-49(84)85)68-47(81)25-66-52(88)44(28-78)74-56(92)42(23-48(82)83)71-53(89)38(11-7-17-64-60(62)63)69-57(93)45(29-79)75-55(91)41(21-32-13-15-34(80)16-14-32)70-54(90)40(20-31(3)4)72-58(94)46-12-8-18-76(46)59(95)43(73-50(86)36(61)27-77)22-33-24-65-37-10-6-5-9-35(33)37/h5-6,9-10,13-16,24,30-31,36,38-46,65,77-80H,7-8,11-12,17-23,25-29,61H2,1-4H3,(H,66,88)(H,67,87)(H,68,81)(H,69,93)(H,70,90)(H,71,89)(H,72,94)(H,73,86)(H,74,92)(H,75,91)(H,82,83)(H,84,85)(H4,62,63,64)/t36-,38-,39-,40-,41-,42-,43-,44-,45-,46-/m0/s1. The van der Waals surface area contributed by atoms with Gasteiger partial charge in [0.1, 0.15) is 72.7 Å². The van der Waals surface area contributed by atoms with Crippen LogP contribution < -0.4 is 70.4 Å². The van der Waals surface area contributed by atoms with E-state index in [2.05, 4.69) is 63.1 Å². The molecule has 522 valence electrons. The number of rotatable bonds is 39. The monoisotopic (exact) mass is 1340 g/mol. The van der Waals surface area contributed by atoms with Crippen molar-refractivity contribution in [3.63, 3.8) is 0 Å². The summed E-state index contributed by atoms with van der Waals surface area (Å²) in [7, 11) is 0. The zero-order valence-electron chi connectivity index (χ0n) is 53.1. The number of carbonyl (C=O) groups is 13. The summed E-state index contributed by atoms with van der Waals surface area (Å²) in [5.41, 5.74) is 18.5. The van der Waals surface area contributed by atoms with Gasteiger partial charge in [-0.3, -0.25) is 67.3 Å². The van der Waals surface area contributed by atoms with E-state index in [1.165, 1.54) is 29.2 Å². The molecule has 1 aromatic heterocycles. The zero-order chi connectivity index (χ0) is 70.6. The first-order valence-electron chi connectivity index (χ1n) is 30.6. The number of guanidine groups is 1. The van der Waals surface area contributed by atoms with Crippen LogP contribution in [0.15, 0.2) is 59.7 Å². The Morgan fingerprint density at radius 2 is 1.12 bits per heavy atom. The number of aliphatic imine (C=N–C) groups is 1. The lowest BCUT2D eigenvalue weighted by molar-refractivity contribution is -0.142. The minimum atomic E-state index is -2.05. The van der Waals surface area contributed by atoms with Crippen LogP contribution in [-0.2, 0) is 75.2 Å². The first kappa shape index (κ1) is 77.4. The van der Waals surface area contributed by atoms with E-state index in [4.69, 9.17) is 22.3 Å². The summed E-state index contributed by atoms with van der Waals surface area (Å²) in [5, 5.41) is 83.4. The average Bonchev–Trinajstić information content (AvgIpc) is 1.72. The Morgan fingerprint density at radius 3 is 1.72 bits per heavy atom. The highest BCUT2D eigenvalue weighted by atomic mass is 16.4. The third-order valence-electron chi connectivity index (χ3n) is 14.9. The van der Waals surface area contributed by atoms with E-state index >= 15 is 0 Å². The molecule has 0 radical (unpaired) electrons. The number of fused-ring (bicyclic) bond motifs is 1. The number of aromatic nitrogens is 1. The maximum atomic E-state index is 14.5. The predicted octanol–water partition coefficient (Wildman–Crippen LogP) is -6.23. The molecule has 23 N–H and O–H groups in total. The first-order valence-corrected chi connectivity index (χ1v) is 30.6. The first-order chi connectivity index (χ1) is 44.9. The Bertz CT molecular complexity index is 3210. The number of aromatic amines is 1.